The van der Waals surface area contributed by atoms with Crippen molar-refractivity contribution in [2.45, 2.75) is 25.6 Å². The average Bonchev–Trinajstić information content (AvgIpc) is 3.20. The van der Waals surface area contributed by atoms with E-state index in [1.807, 2.05) is 47.3 Å². The van der Waals surface area contributed by atoms with Crippen molar-refractivity contribution in [1.82, 2.24) is 15.1 Å². The van der Waals surface area contributed by atoms with Crippen LogP contribution >= 0.6 is 0 Å². The predicted molar refractivity (Wildman–Crippen MR) is 98.5 cm³/mol. The van der Waals surface area contributed by atoms with Gasteiger partial charge in [0, 0.05) is 18.9 Å². The lowest BCUT2D eigenvalue weighted by atomic mass is 9.97. The maximum absolute atomic E-state index is 12.6. The summed E-state index contributed by atoms with van der Waals surface area (Å²) in [6.07, 6.45) is 4.06. The maximum Gasteiger partial charge on any atom is 0.254 e. The highest BCUT2D eigenvalue weighted by Gasteiger charge is 2.26. The molecular formula is C21H21N3O2. The lowest BCUT2D eigenvalue weighted by Gasteiger charge is -2.25. The number of nitrogens with one attached hydrogen (secondary N) is 1. The fraction of sp³-hybridized carbons (Fsp3) is 0.238. The van der Waals surface area contributed by atoms with Crippen LogP contribution < -0.4 is 5.32 Å². The molecule has 0 radical (unpaired) electrons. The fourth-order valence-electron chi connectivity index (χ4n) is 3.24. The van der Waals surface area contributed by atoms with Crippen LogP contribution in [0.4, 0.5) is 0 Å². The molecule has 0 spiro atoms. The van der Waals surface area contributed by atoms with E-state index in [9.17, 15) is 4.79 Å². The highest BCUT2D eigenvalue weighted by atomic mass is 16.5. The number of hydrogen-bond donors (Lipinski definition) is 1. The van der Waals surface area contributed by atoms with Crippen LogP contribution in [0.1, 0.15) is 28.4 Å². The molecule has 0 saturated heterocycles. The topological polar surface area (TPSA) is 56.2 Å². The van der Waals surface area contributed by atoms with Gasteiger partial charge in [-0.1, -0.05) is 48.5 Å². The molecule has 1 aliphatic rings. The molecular weight excluding hydrogens is 326 g/mol. The molecule has 0 saturated carbocycles. The number of rotatable bonds is 5. The number of ether oxygens (including phenoxy) is 1. The summed E-state index contributed by atoms with van der Waals surface area (Å²) in [7, 11) is 0. The third kappa shape index (κ3) is 3.68. The van der Waals surface area contributed by atoms with Crippen molar-refractivity contribution in [3.8, 4) is 0 Å². The van der Waals surface area contributed by atoms with E-state index >= 15 is 0 Å². The van der Waals surface area contributed by atoms with E-state index in [2.05, 4.69) is 28.6 Å². The van der Waals surface area contributed by atoms with Gasteiger partial charge < -0.3 is 10.1 Å². The lowest BCUT2D eigenvalue weighted by Crippen LogP contribution is -2.33. The second kappa shape index (κ2) is 7.54. The number of benzene rings is 2. The normalized spacial score (nSPS) is 16.1. The molecule has 5 nitrogen and oxygen atoms in total. The summed E-state index contributed by atoms with van der Waals surface area (Å²) in [6.45, 7) is 1.81. The predicted octanol–water partition coefficient (Wildman–Crippen LogP) is 2.86. The van der Waals surface area contributed by atoms with Crippen LogP contribution in [0.15, 0.2) is 67.0 Å². The molecule has 0 fully saturated rings. The van der Waals surface area contributed by atoms with Gasteiger partial charge in [-0.15, -0.1) is 0 Å². The Labute approximate surface area is 152 Å². The van der Waals surface area contributed by atoms with E-state index in [0.717, 1.165) is 24.1 Å². The molecule has 4 rings (SSSR count). The van der Waals surface area contributed by atoms with E-state index in [1.54, 1.807) is 6.20 Å². The van der Waals surface area contributed by atoms with Gasteiger partial charge in [-0.05, 0) is 34.7 Å². The Balaban J connectivity index is 1.36. The van der Waals surface area contributed by atoms with Gasteiger partial charge in [0.1, 0.15) is 0 Å². The van der Waals surface area contributed by atoms with Crippen molar-refractivity contribution in [1.29, 1.82) is 0 Å². The molecule has 5 heteroatoms. The minimum Gasteiger partial charge on any atom is -0.363 e. The van der Waals surface area contributed by atoms with Crippen molar-refractivity contribution in [3.63, 3.8) is 0 Å². The fourth-order valence-corrected chi connectivity index (χ4v) is 3.24. The highest BCUT2D eigenvalue weighted by Crippen LogP contribution is 2.27. The van der Waals surface area contributed by atoms with Gasteiger partial charge in [-0.3, -0.25) is 9.48 Å². The maximum atomic E-state index is 12.6. The highest BCUT2D eigenvalue weighted by molar-refractivity contribution is 5.82. The number of carbonyl (C=O) groups is 1. The van der Waals surface area contributed by atoms with Crippen molar-refractivity contribution in [2.24, 2.45) is 0 Å². The molecule has 2 aromatic carbocycles. The molecule has 1 aliphatic heterocycles. The molecule has 0 aliphatic carbocycles. The SMILES string of the molecule is O=C(NCc1ccc(Cn2cccn2)cc1)C1OCCc2ccccc21. The molecule has 1 unspecified atom stereocenters. The summed E-state index contributed by atoms with van der Waals surface area (Å²) in [5.74, 6) is -0.0854. The lowest BCUT2D eigenvalue weighted by molar-refractivity contribution is -0.134. The van der Waals surface area contributed by atoms with Crippen LogP contribution in [0, 0.1) is 0 Å². The number of nitrogens with zero attached hydrogens (tertiary/aromatic N) is 2. The molecule has 1 amide bonds. The quantitative estimate of drug-likeness (QED) is 0.772. The van der Waals surface area contributed by atoms with Gasteiger partial charge in [-0.25, -0.2) is 0 Å². The number of hydrogen-bond acceptors (Lipinski definition) is 3. The van der Waals surface area contributed by atoms with Crippen molar-refractivity contribution < 1.29 is 9.53 Å². The summed E-state index contributed by atoms with van der Waals surface area (Å²) >= 11 is 0. The molecule has 26 heavy (non-hydrogen) atoms. The zero-order valence-corrected chi connectivity index (χ0v) is 14.5. The number of aromatic nitrogens is 2. The molecule has 132 valence electrons. The molecule has 0 bridgehead atoms. The van der Waals surface area contributed by atoms with Gasteiger partial charge in [0.15, 0.2) is 6.10 Å². The average molecular weight is 347 g/mol. The Morgan fingerprint density at radius 1 is 1.12 bits per heavy atom. The Hall–Kier alpha value is -2.92. The zero-order chi connectivity index (χ0) is 17.8. The zero-order valence-electron chi connectivity index (χ0n) is 14.5. The summed E-state index contributed by atoms with van der Waals surface area (Å²) in [5.41, 5.74) is 4.41. The van der Waals surface area contributed by atoms with Gasteiger partial charge in [0.2, 0.25) is 0 Å². The second-order valence-corrected chi connectivity index (χ2v) is 6.44. The Morgan fingerprint density at radius 3 is 2.73 bits per heavy atom. The largest absolute Gasteiger partial charge is 0.363 e. The Bertz CT molecular complexity index is 873. The molecule has 2 heterocycles. The van der Waals surface area contributed by atoms with E-state index in [4.69, 9.17) is 4.74 Å². The van der Waals surface area contributed by atoms with E-state index in [1.165, 1.54) is 11.1 Å². The van der Waals surface area contributed by atoms with Gasteiger partial charge in [0.25, 0.3) is 5.91 Å². The summed E-state index contributed by atoms with van der Waals surface area (Å²) in [5, 5.41) is 7.20. The molecule has 1 atom stereocenters. The minimum atomic E-state index is -0.515. The summed E-state index contributed by atoms with van der Waals surface area (Å²) in [4.78, 5) is 12.6. The first kappa shape index (κ1) is 16.5. The van der Waals surface area contributed by atoms with Crippen LogP contribution in [0.25, 0.3) is 0 Å². The third-order valence-corrected chi connectivity index (χ3v) is 4.63. The first-order chi connectivity index (χ1) is 12.8. The van der Waals surface area contributed by atoms with Crippen LogP contribution in [0.5, 0.6) is 0 Å². The number of carbonyl (C=O) groups excluding carboxylic acids is 1. The van der Waals surface area contributed by atoms with Crippen molar-refractivity contribution in [2.75, 3.05) is 6.61 Å². The Kier molecular flexibility index (Phi) is 4.80. The number of fused-ring (bicyclic) bond motifs is 1. The van der Waals surface area contributed by atoms with Gasteiger partial charge in [0.05, 0.1) is 13.2 Å². The monoisotopic (exact) mass is 347 g/mol. The van der Waals surface area contributed by atoms with E-state index < -0.39 is 6.10 Å². The smallest absolute Gasteiger partial charge is 0.254 e. The van der Waals surface area contributed by atoms with E-state index in [0.29, 0.717) is 13.2 Å². The van der Waals surface area contributed by atoms with Crippen LogP contribution in [0.2, 0.25) is 0 Å². The van der Waals surface area contributed by atoms with Gasteiger partial charge >= 0.3 is 0 Å². The summed E-state index contributed by atoms with van der Waals surface area (Å²) < 4.78 is 7.59. The molecule has 1 aromatic heterocycles. The van der Waals surface area contributed by atoms with Crippen LogP contribution in [-0.2, 0) is 29.0 Å². The Morgan fingerprint density at radius 2 is 1.92 bits per heavy atom. The van der Waals surface area contributed by atoms with Crippen LogP contribution in [-0.4, -0.2) is 22.3 Å². The van der Waals surface area contributed by atoms with E-state index in [-0.39, 0.29) is 5.91 Å². The first-order valence-electron chi connectivity index (χ1n) is 8.82. The first-order valence-corrected chi connectivity index (χ1v) is 8.82. The summed E-state index contributed by atoms with van der Waals surface area (Å²) in [6, 6.07) is 18.1. The molecule has 1 N–H and O–H groups in total. The van der Waals surface area contributed by atoms with Crippen LogP contribution in [0.3, 0.4) is 0 Å². The van der Waals surface area contributed by atoms with Crippen molar-refractivity contribution in [3.05, 3.63) is 89.2 Å². The number of amides is 1. The second-order valence-electron chi connectivity index (χ2n) is 6.44. The van der Waals surface area contributed by atoms with Gasteiger partial charge in [-0.2, -0.15) is 5.10 Å². The minimum absolute atomic E-state index is 0.0854. The third-order valence-electron chi connectivity index (χ3n) is 4.63. The van der Waals surface area contributed by atoms with Crippen molar-refractivity contribution >= 4 is 5.91 Å². The molecule has 3 aromatic rings. The standard InChI is InChI=1S/C21H21N3O2/c25-21(20-19-5-2-1-4-18(19)10-13-26-20)22-14-16-6-8-17(9-7-16)15-24-12-3-11-23-24/h1-9,11-12,20H,10,13-15H2,(H,22,25).